The molecule has 0 unspecified atom stereocenters. The highest BCUT2D eigenvalue weighted by molar-refractivity contribution is 5.97. The first-order valence-corrected chi connectivity index (χ1v) is 5.93. The van der Waals surface area contributed by atoms with Crippen LogP contribution in [0.4, 0.5) is 22.0 Å². The molecule has 0 saturated heterocycles. The first-order chi connectivity index (χ1) is 9.82. The third-order valence-corrected chi connectivity index (χ3v) is 3.01. The van der Waals surface area contributed by atoms with Gasteiger partial charge in [-0.2, -0.15) is 0 Å². The molecule has 0 heterocycles. The van der Waals surface area contributed by atoms with Gasteiger partial charge in [0.2, 0.25) is 5.82 Å². The van der Waals surface area contributed by atoms with E-state index >= 15 is 0 Å². The van der Waals surface area contributed by atoms with Crippen LogP contribution in [0.15, 0.2) is 24.3 Å². The summed E-state index contributed by atoms with van der Waals surface area (Å²) < 4.78 is 65.9. The van der Waals surface area contributed by atoms with Crippen molar-refractivity contribution in [3.63, 3.8) is 0 Å². The number of aryl methyl sites for hydroxylation is 1. The summed E-state index contributed by atoms with van der Waals surface area (Å²) in [7, 11) is 0. The third-order valence-electron chi connectivity index (χ3n) is 3.01. The molecule has 0 radical (unpaired) electrons. The van der Waals surface area contributed by atoms with Gasteiger partial charge in [0.15, 0.2) is 29.1 Å². The molecule has 6 heteroatoms. The fourth-order valence-electron chi connectivity index (χ4n) is 1.81. The molecule has 0 aliphatic rings. The van der Waals surface area contributed by atoms with E-state index in [4.69, 9.17) is 0 Å². The second-order valence-electron chi connectivity index (χ2n) is 4.51. The minimum Gasteiger partial charge on any atom is -0.294 e. The molecule has 1 nitrogen and oxygen atoms in total. The van der Waals surface area contributed by atoms with Crippen LogP contribution in [0.2, 0.25) is 0 Å². The highest BCUT2D eigenvalue weighted by Gasteiger charge is 2.27. The van der Waals surface area contributed by atoms with Gasteiger partial charge in [0.1, 0.15) is 0 Å². The molecule has 0 spiro atoms. The Morgan fingerprint density at radius 2 is 1.24 bits per heavy atom. The first-order valence-electron chi connectivity index (χ1n) is 5.93. The van der Waals surface area contributed by atoms with E-state index in [-0.39, 0.29) is 5.56 Å². The fraction of sp³-hybridized carbons (Fsp3) is 0.133. The van der Waals surface area contributed by atoms with Gasteiger partial charge in [-0.1, -0.05) is 29.8 Å². The van der Waals surface area contributed by atoms with Crippen molar-refractivity contribution in [2.24, 2.45) is 0 Å². The number of carbonyl (C=O) groups is 1. The highest BCUT2D eigenvalue weighted by Crippen LogP contribution is 2.24. The van der Waals surface area contributed by atoms with E-state index < -0.39 is 46.9 Å². The molecule has 2 rings (SSSR count). The number of rotatable bonds is 3. The van der Waals surface area contributed by atoms with E-state index in [2.05, 4.69) is 0 Å². The van der Waals surface area contributed by atoms with Crippen LogP contribution in [0.25, 0.3) is 0 Å². The Morgan fingerprint density at radius 1 is 0.810 bits per heavy atom. The van der Waals surface area contributed by atoms with Crippen molar-refractivity contribution < 1.29 is 26.7 Å². The van der Waals surface area contributed by atoms with E-state index in [1.807, 2.05) is 0 Å². The summed E-state index contributed by atoms with van der Waals surface area (Å²) in [4.78, 5) is 11.9. The molecule has 0 aliphatic carbocycles. The Balaban J connectivity index is 2.40. The van der Waals surface area contributed by atoms with E-state index in [1.165, 1.54) is 12.1 Å². The lowest BCUT2D eigenvalue weighted by molar-refractivity contribution is 0.0990. The normalized spacial score (nSPS) is 10.8. The average molecular weight is 300 g/mol. The Hall–Kier alpha value is -2.24. The number of ketones is 1. The first kappa shape index (κ1) is 15.2. The Bertz CT molecular complexity index is 678. The van der Waals surface area contributed by atoms with Crippen LogP contribution in [-0.4, -0.2) is 5.78 Å². The van der Waals surface area contributed by atoms with Crippen LogP contribution in [0.5, 0.6) is 0 Å². The molecular weight excluding hydrogens is 291 g/mol. The number of halogens is 5. The van der Waals surface area contributed by atoms with Crippen molar-refractivity contribution in [2.45, 2.75) is 13.3 Å². The summed E-state index contributed by atoms with van der Waals surface area (Å²) >= 11 is 0. The molecule has 0 saturated carbocycles. The maximum atomic E-state index is 13.5. The largest absolute Gasteiger partial charge is 0.294 e. The molecule has 0 amide bonds. The topological polar surface area (TPSA) is 17.1 Å². The SMILES string of the molecule is Cc1ccc(C(=O)Cc2c(F)c(F)c(F)c(F)c2F)cc1. The summed E-state index contributed by atoms with van der Waals surface area (Å²) in [5, 5.41) is 0. The maximum Gasteiger partial charge on any atom is 0.200 e. The van der Waals surface area contributed by atoms with Gasteiger partial charge in [0.05, 0.1) is 0 Å². The summed E-state index contributed by atoms with van der Waals surface area (Å²) in [6, 6.07) is 6.05. The van der Waals surface area contributed by atoms with Gasteiger partial charge < -0.3 is 0 Å². The van der Waals surface area contributed by atoms with Gasteiger partial charge in [-0.15, -0.1) is 0 Å². The van der Waals surface area contributed by atoms with Crippen LogP contribution < -0.4 is 0 Å². The van der Waals surface area contributed by atoms with Crippen molar-refractivity contribution in [1.29, 1.82) is 0 Å². The van der Waals surface area contributed by atoms with Gasteiger partial charge in [-0.25, -0.2) is 22.0 Å². The van der Waals surface area contributed by atoms with Gasteiger partial charge in [0, 0.05) is 17.5 Å². The number of benzene rings is 2. The second-order valence-corrected chi connectivity index (χ2v) is 4.51. The van der Waals surface area contributed by atoms with Crippen molar-refractivity contribution >= 4 is 5.78 Å². The Morgan fingerprint density at radius 3 is 1.71 bits per heavy atom. The molecule has 21 heavy (non-hydrogen) atoms. The predicted octanol–water partition coefficient (Wildman–Crippen LogP) is 4.12. The highest BCUT2D eigenvalue weighted by atomic mass is 19.2. The Kier molecular flexibility index (Phi) is 4.06. The number of hydrogen-bond donors (Lipinski definition) is 0. The molecule has 110 valence electrons. The second kappa shape index (κ2) is 5.63. The van der Waals surface area contributed by atoms with Crippen molar-refractivity contribution in [1.82, 2.24) is 0 Å². The maximum absolute atomic E-state index is 13.5. The van der Waals surface area contributed by atoms with E-state index in [0.29, 0.717) is 0 Å². The van der Waals surface area contributed by atoms with E-state index in [9.17, 15) is 26.7 Å². The summed E-state index contributed by atoms with van der Waals surface area (Å²) in [5.41, 5.74) is -0.135. The number of Topliss-reactive ketones (excluding diaryl/α,β-unsaturated/α-hetero) is 1. The van der Waals surface area contributed by atoms with Crippen molar-refractivity contribution in [3.8, 4) is 0 Å². The zero-order valence-corrected chi connectivity index (χ0v) is 10.8. The quantitative estimate of drug-likeness (QED) is 0.361. The van der Waals surface area contributed by atoms with Crippen LogP contribution in [0, 0.1) is 36.0 Å². The number of carbonyl (C=O) groups excluding carboxylic acids is 1. The van der Waals surface area contributed by atoms with Crippen LogP contribution in [0.3, 0.4) is 0 Å². The van der Waals surface area contributed by atoms with Crippen LogP contribution in [0.1, 0.15) is 21.5 Å². The molecule has 0 atom stereocenters. The standard InChI is InChI=1S/C15H9F5O/c1-7-2-4-8(5-3-7)10(21)6-9-11(16)13(18)15(20)14(19)12(9)17/h2-5H,6H2,1H3. The molecule has 0 aliphatic heterocycles. The van der Waals surface area contributed by atoms with Crippen LogP contribution in [-0.2, 0) is 6.42 Å². The summed E-state index contributed by atoms with van der Waals surface area (Å²) in [6.45, 7) is 1.78. The monoisotopic (exact) mass is 300 g/mol. The van der Waals surface area contributed by atoms with E-state index in [1.54, 1.807) is 19.1 Å². The Labute approximate surface area is 117 Å². The summed E-state index contributed by atoms with van der Waals surface area (Å²) in [6.07, 6.45) is -0.908. The number of hydrogen-bond acceptors (Lipinski definition) is 1. The minimum absolute atomic E-state index is 0.129. The van der Waals surface area contributed by atoms with Crippen molar-refractivity contribution in [2.75, 3.05) is 0 Å². The van der Waals surface area contributed by atoms with Crippen LogP contribution >= 0.6 is 0 Å². The predicted molar refractivity (Wildman–Crippen MR) is 65.4 cm³/mol. The molecule has 2 aromatic carbocycles. The molecule has 2 aromatic rings. The molecule has 0 aromatic heterocycles. The molecule has 0 bridgehead atoms. The third kappa shape index (κ3) is 2.79. The van der Waals surface area contributed by atoms with Gasteiger partial charge >= 0.3 is 0 Å². The lowest BCUT2D eigenvalue weighted by Gasteiger charge is -2.08. The lowest BCUT2D eigenvalue weighted by atomic mass is 10.0. The molecule has 0 N–H and O–H groups in total. The average Bonchev–Trinajstić information content (AvgIpc) is 2.48. The van der Waals surface area contributed by atoms with E-state index in [0.717, 1.165) is 5.56 Å². The molecular formula is C15H9F5O. The zero-order valence-electron chi connectivity index (χ0n) is 10.8. The fourth-order valence-corrected chi connectivity index (χ4v) is 1.81. The summed E-state index contributed by atoms with van der Waals surface area (Å²) in [5.74, 6) is -11.0. The molecule has 0 fully saturated rings. The smallest absolute Gasteiger partial charge is 0.200 e. The minimum atomic E-state index is -2.24. The van der Waals surface area contributed by atoms with Crippen molar-refractivity contribution in [3.05, 3.63) is 70.0 Å². The van der Waals surface area contributed by atoms with Gasteiger partial charge in [-0.05, 0) is 6.92 Å². The van der Waals surface area contributed by atoms with Gasteiger partial charge in [-0.3, -0.25) is 4.79 Å². The zero-order chi connectivity index (χ0) is 15.7. The lowest BCUT2D eigenvalue weighted by Crippen LogP contribution is -2.12. The van der Waals surface area contributed by atoms with Gasteiger partial charge in [0.25, 0.3) is 0 Å².